The Morgan fingerprint density at radius 3 is 2.80 bits per heavy atom. The maximum Gasteiger partial charge on any atom is 0.228 e. The van der Waals surface area contributed by atoms with Gasteiger partial charge in [0.2, 0.25) is 5.89 Å². The van der Waals surface area contributed by atoms with Gasteiger partial charge in [-0.3, -0.25) is 0 Å². The number of aryl methyl sites for hydroxylation is 1. The second-order valence-corrected chi connectivity index (χ2v) is 4.37. The summed E-state index contributed by atoms with van der Waals surface area (Å²) in [6.45, 7) is 4.58. The van der Waals surface area contributed by atoms with E-state index >= 15 is 0 Å². The highest BCUT2D eigenvalue weighted by molar-refractivity contribution is 4.92. The highest BCUT2D eigenvalue weighted by Crippen LogP contribution is 2.08. The maximum atomic E-state index is 5.85. The summed E-state index contributed by atoms with van der Waals surface area (Å²) < 4.78 is 10.0. The molecular formula is C10H19N3O2. The third-order valence-corrected chi connectivity index (χ3v) is 1.87. The molecule has 1 rings (SSSR count). The molecule has 86 valence electrons. The minimum absolute atomic E-state index is 0.309. The topological polar surface area (TPSA) is 74.2 Å². The molecule has 0 amide bonds. The first kappa shape index (κ1) is 12.1. The molecule has 2 N–H and O–H groups in total. The first-order valence-electron chi connectivity index (χ1n) is 5.10. The van der Waals surface area contributed by atoms with Crippen LogP contribution in [0.4, 0.5) is 0 Å². The lowest BCUT2D eigenvalue weighted by atomic mass is 10.0. The van der Waals surface area contributed by atoms with Crippen LogP contribution >= 0.6 is 0 Å². The summed E-state index contributed by atoms with van der Waals surface area (Å²) in [6.07, 6.45) is 2.29. The van der Waals surface area contributed by atoms with Crippen LogP contribution in [0.1, 0.15) is 32.0 Å². The lowest BCUT2D eigenvalue weighted by molar-refractivity contribution is 0.194. The third-order valence-electron chi connectivity index (χ3n) is 1.87. The predicted octanol–water partition coefficient (Wildman–Crippen LogP) is 0.928. The number of aromatic nitrogens is 2. The Hall–Kier alpha value is -0.940. The number of hydrogen-bond acceptors (Lipinski definition) is 5. The smallest absolute Gasteiger partial charge is 0.228 e. The van der Waals surface area contributed by atoms with Crippen molar-refractivity contribution in [3.05, 3.63) is 11.7 Å². The van der Waals surface area contributed by atoms with Gasteiger partial charge in [0.05, 0.1) is 0 Å². The number of ether oxygens (including phenoxy) is 1. The second kappa shape index (κ2) is 5.23. The van der Waals surface area contributed by atoms with Crippen molar-refractivity contribution in [3.63, 3.8) is 0 Å². The zero-order valence-corrected chi connectivity index (χ0v) is 9.62. The van der Waals surface area contributed by atoms with Gasteiger partial charge >= 0.3 is 0 Å². The molecule has 0 spiro atoms. The summed E-state index contributed by atoms with van der Waals surface area (Å²) in [6, 6.07) is 0. The van der Waals surface area contributed by atoms with Gasteiger partial charge in [0.25, 0.3) is 0 Å². The van der Waals surface area contributed by atoms with Crippen LogP contribution in [0.3, 0.4) is 0 Å². The number of nitrogens with two attached hydrogens (primary N) is 1. The van der Waals surface area contributed by atoms with Crippen molar-refractivity contribution >= 4 is 0 Å². The molecule has 0 aliphatic rings. The minimum Gasteiger partial charge on any atom is -0.385 e. The Balaban J connectivity index is 2.42. The fourth-order valence-electron chi connectivity index (χ4n) is 1.23. The van der Waals surface area contributed by atoms with Crippen molar-refractivity contribution in [1.29, 1.82) is 0 Å². The van der Waals surface area contributed by atoms with Gasteiger partial charge in [-0.25, -0.2) is 0 Å². The van der Waals surface area contributed by atoms with Crippen molar-refractivity contribution in [2.75, 3.05) is 13.7 Å². The van der Waals surface area contributed by atoms with Crippen molar-refractivity contribution in [1.82, 2.24) is 10.1 Å². The van der Waals surface area contributed by atoms with Crippen molar-refractivity contribution < 1.29 is 9.26 Å². The van der Waals surface area contributed by atoms with E-state index in [0.717, 1.165) is 18.7 Å². The van der Waals surface area contributed by atoms with Crippen LogP contribution in [0.15, 0.2) is 4.52 Å². The summed E-state index contributed by atoms with van der Waals surface area (Å²) in [5.41, 5.74) is 5.54. The molecule has 1 aromatic heterocycles. The average Bonchev–Trinajstić information content (AvgIpc) is 2.50. The van der Waals surface area contributed by atoms with Crippen LogP contribution in [0.5, 0.6) is 0 Å². The van der Waals surface area contributed by atoms with E-state index in [0.29, 0.717) is 18.9 Å². The molecule has 0 aromatic carbocycles. The predicted molar refractivity (Wildman–Crippen MR) is 56.5 cm³/mol. The van der Waals surface area contributed by atoms with Gasteiger partial charge in [-0.15, -0.1) is 0 Å². The van der Waals surface area contributed by atoms with Crippen LogP contribution < -0.4 is 5.73 Å². The molecule has 5 heteroatoms. The van der Waals surface area contributed by atoms with E-state index in [1.165, 1.54) is 0 Å². The van der Waals surface area contributed by atoms with Gasteiger partial charge in [-0.2, -0.15) is 4.98 Å². The van der Waals surface area contributed by atoms with Gasteiger partial charge in [0.15, 0.2) is 5.82 Å². The number of nitrogens with zero attached hydrogens (tertiary/aromatic N) is 2. The van der Waals surface area contributed by atoms with Crippen molar-refractivity contribution in [2.45, 2.75) is 38.6 Å². The quantitative estimate of drug-likeness (QED) is 0.711. The lowest BCUT2D eigenvalue weighted by Crippen LogP contribution is -2.34. The summed E-state index contributed by atoms with van der Waals surface area (Å²) in [5.74, 6) is 1.33. The Labute approximate surface area is 90.0 Å². The van der Waals surface area contributed by atoms with E-state index < -0.39 is 0 Å². The molecule has 0 atom stereocenters. The Kier molecular flexibility index (Phi) is 4.23. The van der Waals surface area contributed by atoms with E-state index in [1.54, 1.807) is 7.11 Å². The molecule has 0 fully saturated rings. The summed E-state index contributed by atoms with van der Waals surface area (Å²) in [5, 5.41) is 3.87. The van der Waals surface area contributed by atoms with E-state index in [9.17, 15) is 0 Å². The molecular weight excluding hydrogens is 194 g/mol. The molecule has 0 radical (unpaired) electrons. The average molecular weight is 213 g/mol. The first-order valence-corrected chi connectivity index (χ1v) is 5.10. The zero-order chi connectivity index (χ0) is 11.3. The van der Waals surface area contributed by atoms with Crippen molar-refractivity contribution in [3.8, 4) is 0 Å². The molecule has 0 saturated carbocycles. The molecule has 0 aliphatic carbocycles. The molecule has 0 bridgehead atoms. The molecule has 15 heavy (non-hydrogen) atoms. The first-order chi connectivity index (χ1) is 7.01. The molecule has 1 heterocycles. The zero-order valence-electron chi connectivity index (χ0n) is 9.62. The number of hydrogen-bond donors (Lipinski definition) is 1. The molecule has 1 aromatic rings. The van der Waals surface area contributed by atoms with Gasteiger partial charge in [-0.05, 0) is 20.3 Å². The van der Waals surface area contributed by atoms with Crippen LogP contribution in [0, 0.1) is 0 Å². The SMILES string of the molecule is COCCCc1noc(CC(C)(C)N)n1. The van der Waals surface area contributed by atoms with Crippen LogP contribution in [0.2, 0.25) is 0 Å². The van der Waals surface area contributed by atoms with Crippen LogP contribution in [-0.2, 0) is 17.6 Å². The second-order valence-electron chi connectivity index (χ2n) is 4.37. The minimum atomic E-state index is -0.309. The van der Waals surface area contributed by atoms with Gasteiger partial charge < -0.3 is 15.0 Å². The summed E-state index contributed by atoms with van der Waals surface area (Å²) >= 11 is 0. The normalized spacial score (nSPS) is 12.0. The molecule has 0 aliphatic heterocycles. The van der Waals surface area contributed by atoms with Gasteiger partial charge in [-0.1, -0.05) is 5.16 Å². The molecule has 5 nitrogen and oxygen atoms in total. The summed E-state index contributed by atoms with van der Waals surface area (Å²) in [7, 11) is 1.68. The summed E-state index contributed by atoms with van der Waals surface area (Å²) in [4.78, 5) is 4.25. The van der Waals surface area contributed by atoms with E-state index in [2.05, 4.69) is 10.1 Å². The Morgan fingerprint density at radius 2 is 2.20 bits per heavy atom. The molecule has 0 unspecified atom stereocenters. The maximum absolute atomic E-state index is 5.85. The lowest BCUT2D eigenvalue weighted by Gasteiger charge is -2.14. The molecule has 0 saturated heterocycles. The highest BCUT2D eigenvalue weighted by atomic mass is 16.5. The number of methoxy groups -OCH3 is 1. The standard InChI is InChI=1S/C10H19N3O2/c1-10(2,11)7-9-12-8(13-15-9)5-4-6-14-3/h4-7,11H2,1-3H3. The van der Waals surface area contributed by atoms with E-state index in [1.807, 2.05) is 13.8 Å². The van der Waals surface area contributed by atoms with E-state index in [4.69, 9.17) is 15.0 Å². The third kappa shape index (κ3) is 4.90. The highest BCUT2D eigenvalue weighted by Gasteiger charge is 2.16. The monoisotopic (exact) mass is 213 g/mol. The van der Waals surface area contributed by atoms with Gasteiger partial charge in [0, 0.05) is 32.1 Å². The van der Waals surface area contributed by atoms with Crippen molar-refractivity contribution in [2.24, 2.45) is 5.73 Å². The van der Waals surface area contributed by atoms with E-state index in [-0.39, 0.29) is 5.54 Å². The van der Waals surface area contributed by atoms with Crippen LogP contribution in [0.25, 0.3) is 0 Å². The fraction of sp³-hybridized carbons (Fsp3) is 0.800. The Bertz CT molecular complexity index is 291. The Morgan fingerprint density at radius 1 is 1.47 bits per heavy atom. The largest absolute Gasteiger partial charge is 0.385 e. The number of rotatable bonds is 6. The fourth-order valence-corrected chi connectivity index (χ4v) is 1.23. The van der Waals surface area contributed by atoms with Crippen LogP contribution in [-0.4, -0.2) is 29.4 Å². The van der Waals surface area contributed by atoms with Gasteiger partial charge in [0.1, 0.15) is 0 Å².